The minimum atomic E-state index is -0.455. The van der Waals surface area contributed by atoms with Crippen molar-refractivity contribution in [1.29, 1.82) is 0 Å². The molecule has 1 heterocycles. The highest BCUT2D eigenvalue weighted by Crippen LogP contribution is 2.14. The van der Waals surface area contributed by atoms with Crippen LogP contribution in [0.1, 0.15) is 29.0 Å². The van der Waals surface area contributed by atoms with Gasteiger partial charge in [-0.2, -0.15) is 4.98 Å². The first-order valence-corrected chi connectivity index (χ1v) is 5.88. The number of benzene rings is 1. The second-order valence-electron chi connectivity index (χ2n) is 3.77. The van der Waals surface area contributed by atoms with E-state index >= 15 is 0 Å². The Morgan fingerprint density at radius 1 is 1.42 bits per heavy atom. The third-order valence-electron chi connectivity index (χ3n) is 2.28. The molecule has 100 valence electrons. The molecule has 0 fully saturated rings. The molecule has 0 amide bonds. The van der Waals surface area contributed by atoms with Crippen LogP contribution >= 0.6 is 0 Å². The molecule has 0 saturated carbocycles. The smallest absolute Gasteiger partial charge is 0.338 e. The number of hydrogen-bond donors (Lipinski definition) is 0. The molecule has 0 saturated heterocycles. The first-order chi connectivity index (χ1) is 9.19. The average molecular weight is 262 g/mol. The minimum absolute atomic E-state index is 0.0188. The Balaban J connectivity index is 1.97. The predicted molar refractivity (Wildman–Crippen MR) is 65.8 cm³/mol. The maximum absolute atomic E-state index is 11.8. The number of aryl methyl sites for hydroxylation is 1. The molecule has 6 nitrogen and oxygen atoms in total. The van der Waals surface area contributed by atoms with E-state index in [0.717, 1.165) is 0 Å². The maximum atomic E-state index is 11.8. The molecule has 0 aliphatic rings. The fourth-order valence-electron chi connectivity index (χ4n) is 1.49. The standard InChI is InChI=1S/C13H14N2O4/c1-3-17-11-6-4-5-10(7-11)13(16)18-8-12-14-9(2)19-15-12/h4-7H,3,8H2,1-2H3. The summed E-state index contributed by atoms with van der Waals surface area (Å²) < 4.78 is 15.2. The lowest BCUT2D eigenvalue weighted by molar-refractivity contribution is 0.0459. The van der Waals surface area contributed by atoms with Crippen molar-refractivity contribution in [1.82, 2.24) is 10.1 Å². The van der Waals surface area contributed by atoms with Gasteiger partial charge < -0.3 is 14.0 Å². The molecule has 1 aromatic carbocycles. The van der Waals surface area contributed by atoms with Gasteiger partial charge in [-0.3, -0.25) is 0 Å². The van der Waals surface area contributed by atoms with Gasteiger partial charge in [-0.25, -0.2) is 4.79 Å². The average Bonchev–Trinajstić information content (AvgIpc) is 2.82. The van der Waals surface area contributed by atoms with Gasteiger partial charge in [-0.15, -0.1) is 0 Å². The molecule has 0 unspecified atom stereocenters. The van der Waals surface area contributed by atoms with Crippen molar-refractivity contribution in [2.75, 3.05) is 6.61 Å². The van der Waals surface area contributed by atoms with E-state index in [1.54, 1.807) is 31.2 Å². The topological polar surface area (TPSA) is 74.5 Å². The molecule has 0 aliphatic carbocycles. The molecule has 2 aromatic rings. The molecule has 0 N–H and O–H groups in total. The van der Waals surface area contributed by atoms with Crippen molar-refractivity contribution < 1.29 is 18.8 Å². The van der Waals surface area contributed by atoms with Crippen LogP contribution in [0.4, 0.5) is 0 Å². The summed E-state index contributed by atoms with van der Waals surface area (Å²) in [4.78, 5) is 15.8. The zero-order valence-corrected chi connectivity index (χ0v) is 10.8. The maximum Gasteiger partial charge on any atom is 0.338 e. The summed E-state index contributed by atoms with van der Waals surface area (Å²) in [6.45, 7) is 4.07. The lowest BCUT2D eigenvalue weighted by Crippen LogP contribution is -2.06. The Hall–Kier alpha value is -2.37. The number of carbonyl (C=O) groups excluding carboxylic acids is 1. The van der Waals surface area contributed by atoms with Gasteiger partial charge in [0.15, 0.2) is 6.61 Å². The number of ether oxygens (including phenoxy) is 2. The molecule has 0 radical (unpaired) electrons. The summed E-state index contributed by atoms with van der Waals surface area (Å²) in [5.74, 6) is 0.951. The summed E-state index contributed by atoms with van der Waals surface area (Å²) >= 11 is 0. The lowest BCUT2D eigenvalue weighted by atomic mass is 10.2. The zero-order chi connectivity index (χ0) is 13.7. The van der Waals surface area contributed by atoms with Crippen molar-refractivity contribution in [3.05, 3.63) is 41.5 Å². The van der Waals surface area contributed by atoms with Crippen LogP contribution in [0.25, 0.3) is 0 Å². The SMILES string of the molecule is CCOc1cccc(C(=O)OCc2noc(C)n2)c1. The minimum Gasteiger partial charge on any atom is -0.494 e. The molecule has 19 heavy (non-hydrogen) atoms. The number of esters is 1. The summed E-state index contributed by atoms with van der Waals surface area (Å²) in [7, 11) is 0. The fraction of sp³-hybridized carbons (Fsp3) is 0.308. The second kappa shape index (κ2) is 5.99. The molecular weight excluding hydrogens is 248 g/mol. The van der Waals surface area contributed by atoms with Gasteiger partial charge in [-0.05, 0) is 25.1 Å². The van der Waals surface area contributed by atoms with Gasteiger partial charge in [0.05, 0.1) is 12.2 Å². The molecule has 0 bridgehead atoms. The van der Waals surface area contributed by atoms with Gasteiger partial charge in [0, 0.05) is 6.92 Å². The van der Waals surface area contributed by atoms with E-state index in [9.17, 15) is 4.79 Å². The Morgan fingerprint density at radius 3 is 2.95 bits per heavy atom. The van der Waals surface area contributed by atoms with E-state index < -0.39 is 5.97 Å². The lowest BCUT2D eigenvalue weighted by Gasteiger charge is -2.05. The van der Waals surface area contributed by atoms with Crippen LogP contribution in [0.2, 0.25) is 0 Å². The van der Waals surface area contributed by atoms with Crippen molar-refractivity contribution in [2.24, 2.45) is 0 Å². The molecule has 2 rings (SSSR count). The van der Waals surface area contributed by atoms with Crippen LogP contribution in [0.3, 0.4) is 0 Å². The highest BCUT2D eigenvalue weighted by molar-refractivity contribution is 5.89. The first-order valence-electron chi connectivity index (χ1n) is 5.88. The zero-order valence-electron chi connectivity index (χ0n) is 10.8. The van der Waals surface area contributed by atoms with Crippen LogP contribution < -0.4 is 4.74 Å². The van der Waals surface area contributed by atoms with Crippen molar-refractivity contribution >= 4 is 5.97 Å². The highest BCUT2D eigenvalue weighted by Gasteiger charge is 2.10. The Morgan fingerprint density at radius 2 is 2.26 bits per heavy atom. The highest BCUT2D eigenvalue weighted by atomic mass is 16.5. The third kappa shape index (κ3) is 3.54. The molecular formula is C13H14N2O4. The van der Waals surface area contributed by atoms with E-state index in [-0.39, 0.29) is 6.61 Å². The second-order valence-corrected chi connectivity index (χ2v) is 3.77. The normalized spacial score (nSPS) is 10.2. The van der Waals surface area contributed by atoms with Crippen molar-refractivity contribution in [3.8, 4) is 5.75 Å². The molecule has 0 atom stereocenters. The molecule has 0 spiro atoms. The summed E-state index contributed by atoms with van der Waals surface area (Å²) in [5, 5.41) is 3.64. The Kier molecular flexibility index (Phi) is 4.12. The van der Waals surface area contributed by atoms with E-state index in [1.165, 1.54) is 0 Å². The Labute approximate surface area is 110 Å². The molecule has 0 aliphatic heterocycles. The summed E-state index contributed by atoms with van der Waals surface area (Å²) in [6, 6.07) is 6.81. The summed E-state index contributed by atoms with van der Waals surface area (Å²) in [6.07, 6.45) is 0. The largest absolute Gasteiger partial charge is 0.494 e. The van der Waals surface area contributed by atoms with Crippen LogP contribution in [0.5, 0.6) is 5.75 Å². The molecule has 6 heteroatoms. The fourth-order valence-corrected chi connectivity index (χ4v) is 1.49. The first kappa shape index (κ1) is 13.1. The summed E-state index contributed by atoms with van der Waals surface area (Å²) in [5.41, 5.74) is 0.422. The van der Waals surface area contributed by atoms with E-state index in [4.69, 9.17) is 14.0 Å². The van der Waals surface area contributed by atoms with Gasteiger partial charge in [-0.1, -0.05) is 11.2 Å². The quantitative estimate of drug-likeness (QED) is 0.768. The number of hydrogen-bond acceptors (Lipinski definition) is 6. The number of rotatable bonds is 5. The van der Waals surface area contributed by atoms with Gasteiger partial charge in [0.1, 0.15) is 5.75 Å². The number of aromatic nitrogens is 2. The van der Waals surface area contributed by atoms with E-state index in [0.29, 0.717) is 29.6 Å². The monoisotopic (exact) mass is 262 g/mol. The van der Waals surface area contributed by atoms with Crippen molar-refractivity contribution in [3.63, 3.8) is 0 Å². The van der Waals surface area contributed by atoms with Crippen molar-refractivity contribution in [2.45, 2.75) is 20.5 Å². The van der Waals surface area contributed by atoms with E-state index in [1.807, 2.05) is 6.92 Å². The van der Waals surface area contributed by atoms with Gasteiger partial charge in [0.25, 0.3) is 0 Å². The molecule has 1 aromatic heterocycles. The van der Waals surface area contributed by atoms with Crippen LogP contribution in [-0.2, 0) is 11.3 Å². The number of nitrogens with zero attached hydrogens (tertiary/aromatic N) is 2. The van der Waals surface area contributed by atoms with E-state index in [2.05, 4.69) is 10.1 Å². The van der Waals surface area contributed by atoms with Gasteiger partial charge >= 0.3 is 5.97 Å². The third-order valence-corrected chi connectivity index (χ3v) is 2.28. The van der Waals surface area contributed by atoms with Gasteiger partial charge in [0.2, 0.25) is 11.7 Å². The predicted octanol–water partition coefficient (Wildman–Crippen LogP) is 2.13. The Bertz CT molecular complexity index is 565. The number of carbonyl (C=O) groups is 1. The van der Waals surface area contributed by atoms with Crippen LogP contribution in [0, 0.1) is 6.92 Å². The van der Waals surface area contributed by atoms with Crippen LogP contribution in [-0.4, -0.2) is 22.7 Å². The van der Waals surface area contributed by atoms with Crippen LogP contribution in [0.15, 0.2) is 28.8 Å².